The molecule has 96 valence electrons. The fraction of sp³-hybridized carbons (Fsp3) is 0.636. The molecule has 0 atom stereocenters. The molecule has 1 rings (SSSR count). The summed E-state index contributed by atoms with van der Waals surface area (Å²) < 4.78 is 1.78. The van der Waals surface area contributed by atoms with Gasteiger partial charge in [-0.25, -0.2) is 0 Å². The Kier molecular flexibility index (Phi) is 4.51. The number of hydrogen-bond donors (Lipinski definition) is 3. The molecule has 6 heteroatoms. The zero-order valence-electron chi connectivity index (χ0n) is 10.6. The second kappa shape index (κ2) is 5.67. The Morgan fingerprint density at radius 3 is 2.88 bits per heavy atom. The van der Waals surface area contributed by atoms with Crippen molar-refractivity contribution < 1.29 is 5.21 Å². The van der Waals surface area contributed by atoms with Gasteiger partial charge in [-0.15, -0.1) is 0 Å². The fourth-order valence-electron chi connectivity index (χ4n) is 1.44. The van der Waals surface area contributed by atoms with Crippen LogP contribution in [-0.4, -0.2) is 27.4 Å². The van der Waals surface area contributed by atoms with E-state index in [4.69, 9.17) is 10.9 Å². The molecule has 0 aliphatic heterocycles. The molecule has 0 saturated carbocycles. The van der Waals surface area contributed by atoms with E-state index >= 15 is 0 Å². The van der Waals surface area contributed by atoms with E-state index in [2.05, 4.69) is 15.6 Å². The van der Waals surface area contributed by atoms with E-state index in [0.717, 1.165) is 25.2 Å². The molecule has 0 saturated heterocycles. The first-order valence-electron chi connectivity index (χ1n) is 5.63. The van der Waals surface area contributed by atoms with E-state index in [1.807, 2.05) is 33.2 Å². The normalized spacial score (nSPS) is 13.0. The number of aryl methyl sites for hydroxylation is 1. The quantitative estimate of drug-likeness (QED) is 0.224. The van der Waals surface area contributed by atoms with Crippen molar-refractivity contribution in [1.29, 1.82) is 0 Å². The zero-order valence-corrected chi connectivity index (χ0v) is 10.6. The summed E-state index contributed by atoms with van der Waals surface area (Å²) in [5.74, 6) is 0.261. The van der Waals surface area contributed by atoms with Gasteiger partial charge in [-0.3, -0.25) is 4.68 Å². The van der Waals surface area contributed by atoms with Crippen LogP contribution in [0, 0.1) is 5.41 Å². The molecular formula is C11H21N5O. The number of hydrogen-bond acceptors (Lipinski definition) is 4. The summed E-state index contributed by atoms with van der Waals surface area (Å²) in [7, 11) is 1.89. The van der Waals surface area contributed by atoms with Crippen molar-refractivity contribution in [2.75, 3.05) is 6.54 Å². The SMILES string of the molecule is Cn1ccc(CNCCC(C)(C)/C(N)=N/O)n1. The molecule has 0 bridgehead atoms. The average molecular weight is 239 g/mol. The highest BCUT2D eigenvalue weighted by Crippen LogP contribution is 2.19. The average Bonchev–Trinajstić information content (AvgIpc) is 2.69. The minimum Gasteiger partial charge on any atom is -0.409 e. The minimum absolute atomic E-state index is 0.261. The molecule has 1 aromatic rings. The molecule has 0 radical (unpaired) electrons. The summed E-state index contributed by atoms with van der Waals surface area (Å²) in [6, 6.07) is 1.97. The summed E-state index contributed by atoms with van der Waals surface area (Å²) >= 11 is 0. The Hall–Kier alpha value is -1.56. The topological polar surface area (TPSA) is 88.5 Å². The second-order valence-corrected chi connectivity index (χ2v) is 4.78. The Labute approximate surface area is 101 Å². The molecule has 0 fully saturated rings. The van der Waals surface area contributed by atoms with Gasteiger partial charge in [0.05, 0.1) is 5.69 Å². The van der Waals surface area contributed by atoms with Gasteiger partial charge in [0.1, 0.15) is 5.84 Å². The second-order valence-electron chi connectivity index (χ2n) is 4.78. The third kappa shape index (κ3) is 4.07. The number of nitrogens with zero attached hydrogens (tertiary/aromatic N) is 3. The molecule has 0 amide bonds. The molecule has 6 nitrogen and oxygen atoms in total. The van der Waals surface area contributed by atoms with Gasteiger partial charge >= 0.3 is 0 Å². The first kappa shape index (κ1) is 13.5. The van der Waals surface area contributed by atoms with Crippen LogP contribution in [0.5, 0.6) is 0 Å². The van der Waals surface area contributed by atoms with Crippen molar-refractivity contribution in [3.8, 4) is 0 Å². The third-order valence-electron chi connectivity index (χ3n) is 2.80. The van der Waals surface area contributed by atoms with Gasteiger partial charge in [0, 0.05) is 25.2 Å². The van der Waals surface area contributed by atoms with E-state index in [-0.39, 0.29) is 11.3 Å². The molecule has 1 aromatic heterocycles. The maximum atomic E-state index is 8.64. The van der Waals surface area contributed by atoms with Crippen LogP contribution in [0.4, 0.5) is 0 Å². The number of amidine groups is 1. The maximum Gasteiger partial charge on any atom is 0.144 e. The predicted octanol–water partition coefficient (Wildman–Crippen LogP) is 0.672. The summed E-state index contributed by atoms with van der Waals surface area (Å²) in [4.78, 5) is 0. The van der Waals surface area contributed by atoms with Crippen molar-refractivity contribution in [3.05, 3.63) is 18.0 Å². The summed E-state index contributed by atoms with van der Waals surface area (Å²) in [6.07, 6.45) is 2.72. The van der Waals surface area contributed by atoms with Gasteiger partial charge in [0.25, 0.3) is 0 Å². The summed E-state index contributed by atoms with van der Waals surface area (Å²) in [6.45, 7) is 5.42. The van der Waals surface area contributed by atoms with Gasteiger partial charge in [-0.2, -0.15) is 5.10 Å². The number of oxime groups is 1. The van der Waals surface area contributed by atoms with Crippen molar-refractivity contribution in [2.45, 2.75) is 26.8 Å². The predicted molar refractivity (Wildman–Crippen MR) is 66.7 cm³/mol. The lowest BCUT2D eigenvalue weighted by Gasteiger charge is -2.22. The van der Waals surface area contributed by atoms with Crippen LogP contribution in [0.15, 0.2) is 17.4 Å². The molecule has 1 heterocycles. The number of nitrogens with two attached hydrogens (primary N) is 1. The maximum absolute atomic E-state index is 8.64. The van der Waals surface area contributed by atoms with Crippen molar-refractivity contribution >= 4 is 5.84 Å². The lowest BCUT2D eigenvalue weighted by atomic mass is 9.88. The highest BCUT2D eigenvalue weighted by atomic mass is 16.4. The molecule has 0 aliphatic rings. The largest absolute Gasteiger partial charge is 0.409 e. The van der Waals surface area contributed by atoms with Gasteiger partial charge < -0.3 is 16.3 Å². The van der Waals surface area contributed by atoms with Gasteiger partial charge in [0.2, 0.25) is 0 Å². The van der Waals surface area contributed by atoms with Crippen LogP contribution in [0.2, 0.25) is 0 Å². The van der Waals surface area contributed by atoms with Crippen molar-refractivity contribution in [2.24, 2.45) is 23.4 Å². The van der Waals surface area contributed by atoms with Crippen molar-refractivity contribution in [1.82, 2.24) is 15.1 Å². The van der Waals surface area contributed by atoms with Crippen LogP contribution in [-0.2, 0) is 13.6 Å². The fourth-order valence-corrected chi connectivity index (χ4v) is 1.44. The summed E-state index contributed by atoms with van der Waals surface area (Å²) in [5.41, 5.74) is 6.31. The minimum atomic E-state index is -0.300. The highest BCUT2D eigenvalue weighted by molar-refractivity contribution is 5.85. The number of rotatable bonds is 6. The smallest absolute Gasteiger partial charge is 0.144 e. The van der Waals surface area contributed by atoms with E-state index in [1.54, 1.807) is 4.68 Å². The third-order valence-corrected chi connectivity index (χ3v) is 2.80. The van der Waals surface area contributed by atoms with Crippen LogP contribution >= 0.6 is 0 Å². The first-order valence-corrected chi connectivity index (χ1v) is 5.63. The molecule has 4 N–H and O–H groups in total. The van der Waals surface area contributed by atoms with Crippen LogP contribution in [0.3, 0.4) is 0 Å². The molecule has 0 unspecified atom stereocenters. The van der Waals surface area contributed by atoms with Gasteiger partial charge in [-0.05, 0) is 19.0 Å². The lowest BCUT2D eigenvalue weighted by Crippen LogP contribution is -2.34. The van der Waals surface area contributed by atoms with Gasteiger partial charge in [-0.1, -0.05) is 19.0 Å². The lowest BCUT2D eigenvalue weighted by molar-refractivity contribution is 0.305. The van der Waals surface area contributed by atoms with E-state index in [9.17, 15) is 0 Å². The summed E-state index contributed by atoms with van der Waals surface area (Å²) in [5, 5.41) is 19.2. The molecular weight excluding hydrogens is 218 g/mol. The Balaban J connectivity index is 2.29. The zero-order chi connectivity index (χ0) is 12.9. The molecule has 0 spiro atoms. The monoisotopic (exact) mass is 239 g/mol. The molecule has 0 aromatic carbocycles. The molecule has 17 heavy (non-hydrogen) atoms. The van der Waals surface area contributed by atoms with Crippen molar-refractivity contribution in [3.63, 3.8) is 0 Å². The van der Waals surface area contributed by atoms with E-state index in [1.165, 1.54) is 0 Å². The number of nitrogens with one attached hydrogen (secondary N) is 1. The molecule has 0 aliphatic carbocycles. The van der Waals surface area contributed by atoms with Gasteiger partial charge in [0.15, 0.2) is 0 Å². The van der Waals surface area contributed by atoms with Crippen LogP contribution in [0.25, 0.3) is 0 Å². The van der Waals surface area contributed by atoms with Crippen LogP contribution < -0.4 is 11.1 Å². The van der Waals surface area contributed by atoms with E-state index < -0.39 is 0 Å². The Bertz CT molecular complexity index is 383. The van der Waals surface area contributed by atoms with Crippen LogP contribution in [0.1, 0.15) is 26.0 Å². The Morgan fingerprint density at radius 2 is 2.35 bits per heavy atom. The first-order chi connectivity index (χ1) is 7.95. The highest BCUT2D eigenvalue weighted by Gasteiger charge is 2.22. The standard InChI is InChI=1S/C11H21N5O/c1-11(2,10(12)15-17)5-6-13-8-9-4-7-16(3)14-9/h4,7,13,17H,5-6,8H2,1-3H3,(H2,12,15). The number of aromatic nitrogens is 2. The Morgan fingerprint density at radius 1 is 1.65 bits per heavy atom. The van der Waals surface area contributed by atoms with E-state index in [0.29, 0.717) is 0 Å².